The van der Waals surface area contributed by atoms with Crippen LogP contribution in [0.4, 0.5) is 0 Å². The van der Waals surface area contributed by atoms with Gasteiger partial charge in [-0.1, -0.05) is 158 Å². The molecule has 7 aromatic rings. The monoisotopic (exact) mass is 758 g/mol. The number of aliphatic hydroxyl groups is 1. The highest BCUT2D eigenvalue weighted by atomic mass is 32.2. The predicted molar refractivity (Wildman–Crippen MR) is 221 cm³/mol. The number of hydrogen-bond donors (Lipinski definition) is 2. The summed E-state index contributed by atoms with van der Waals surface area (Å²) in [6, 6.07) is 53.8. The molecule has 6 aromatic carbocycles. The van der Waals surface area contributed by atoms with Crippen molar-refractivity contribution in [1.29, 1.82) is 0 Å². The maximum Gasteiger partial charge on any atom is 0.256 e. The van der Waals surface area contributed by atoms with E-state index in [9.17, 15) is 9.90 Å². The zero-order valence-electron chi connectivity index (χ0n) is 31.0. The van der Waals surface area contributed by atoms with Crippen molar-refractivity contribution >= 4 is 17.7 Å². The van der Waals surface area contributed by atoms with Gasteiger partial charge in [0.05, 0.1) is 18.8 Å². The molecule has 1 aliphatic heterocycles. The second-order valence-corrected chi connectivity index (χ2v) is 14.9. The minimum atomic E-state index is -0.642. The number of thioether (sulfide) groups is 1. The molecule has 0 saturated carbocycles. The fourth-order valence-electron chi connectivity index (χ4n) is 7.00. The first-order valence-electron chi connectivity index (χ1n) is 18.8. The van der Waals surface area contributed by atoms with E-state index >= 15 is 0 Å². The molecule has 1 aromatic heterocycles. The molecule has 56 heavy (non-hydrogen) atoms. The molecule has 1 aliphatic rings. The van der Waals surface area contributed by atoms with Gasteiger partial charge in [0.2, 0.25) is 0 Å². The Kier molecular flexibility index (Phi) is 11.5. The zero-order chi connectivity index (χ0) is 38.3. The van der Waals surface area contributed by atoms with Crippen LogP contribution in [0.5, 0.6) is 0 Å². The van der Waals surface area contributed by atoms with Gasteiger partial charge in [-0.15, -0.1) is 0 Å². The summed E-state index contributed by atoms with van der Waals surface area (Å²) in [4.78, 5) is 17.7. The van der Waals surface area contributed by atoms with Crippen molar-refractivity contribution in [1.82, 2.24) is 10.3 Å². The highest BCUT2D eigenvalue weighted by Crippen LogP contribution is 2.44. The molecule has 8 heteroatoms. The van der Waals surface area contributed by atoms with Crippen molar-refractivity contribution in [3.8, 4) is 33.7 Å². The fourth-order valence-corrected chi connectivity index (χ4v) is 7.99. The van der Waals surface area contributed by atoms with Gasteiger partial charge in [0.15, 0.2) is 12.1 Å². The van der Waals surface area contributed by atoms with E-state index < -0.39 is 6.29 Å². The van der Waals surface area contributed by atoms with Crippen LogP contribution in [0.2, 0.25) is 0 Å². The minimum Gasteiger partial charge on any atom is -0.431 e. The molecular weight excluding hydrogens is 717 g/mol. The van der Waals surface area contributed by atoms with Crippen molar-refractivity contribution < 1.29 is 23.8 Å². The van der Waals surface area contributed by atoms with E-state index in [1.807, 2.05) is 140 Å². The number of amides is 1. The lowest BCUT2D eigenvalue weighted by atomic mass is 9.91. The number of oxazole rings is 1. The van der Waals surface area contributed by atoms with Crippen LogP contribution in [0.25, 0.3) is 33.7 Å². The number of nitrogens with zero attached hydrogens (tertiary/aromatic N) is 1. The summed E-state index contributed by atoms with van der Waals surface area (Å²) in [6.45, 7) is 2.55. The molecular formula is C48H42N2O5S. The SMILES string of the molecule is C[C@H]1[C@@H](CSc2nc(-c3ccccc3)c(-c3ccccc3)o2)O[C@@H](c2cccc(-c3cccc(CNC(=O)c4ccccc4)c3)c2)O[C@H]1c1ccc(CO)cc1. The van der Waals surface area contributed by atoms with Gasteiger partial charge in [-0.2, -0.15) is 0 Å². The molecule has 7 nitrogen and oxygen atoms in total. The van der Waals surface area contributed by atoms with Gasteiger partial charge < -0.3 is 24.3 Å². The van der Waals surface area contributed by atoms with E-state index in [2.05, 4.69) is 36.5 Å². The Morgan fingerprint density at radius 1 is 0.679 bits per heavy atom. The number of nitrogens with one attached hydrogen (secondary N) is 1. The Labute approximate surface area is 331 Å². The average Bonchev–Trinajstić information content (AvgIpc) is 3.71. The van der Waals surface area contributed by atoms with Crippen molar-refractivity contribution in [3.05, 3.63) is 192 Å². The Bertz CT molecular complexity index is 2310. The van der Waals surface area contributed by atoms with Crippen LogP contribution in [-0.4, -0.2) is 27.9 Å². The second-order valence-electron chi connectivity index (χ2n) is 13.9. The van der Waals surface area contributed by atoms with Crippen LogP contribution < -0.4 is 5.32 Å². The first-order chi connectivity index (χ1) is 27.5. The summed E-state index contributed by atoms with van der Waals surface area (Å²) in [6.07, 6.45) is -1.12. The van der Waals surface area contributed by atoms with E-state index in [0.29, 0.717) is 23.1 Å². The Hall–Kier alpha value is -5.77. The molecule has 0 spiro atoms. The third-order valence-corrected chi connectivity index (χ3v) is 11.0. The molecule has 0 bridgehead atoms. The largest absolute Gasteiger partial charge is 0.431 e. The maximum atomic E-state index is 12.7. The number of aliphatic hydroxyl groups excluding tert-OH is 1. The molecule has 280 valence electrons. The van der Waals surface area contributed by atoms with E-state index in [1.165, 1.54) is 0 Å². The van der Waals surface area contributed by atoms with Gasteiger partial charge >= 0.3 is 0 Å². The summed E-state index contributed by atoms with van der Waals surface area (Å²) >= 11 is 1.54. The van der Waals surface area contributed by atoms with Crippen LogP contribution in [0.1, 0.15) is 51.9 Å². The highest BCUT2D eigenvalue weighted by Gasteiger charge is 2.39. The number of rotatable bonds is 12. The molecule has 2 N–H and O–H groups in total. The number of aromatic nitrogens is 1. The quantitative estimate of drug-likeness (QED) is 0.120. The normalized spacial score (nSPS) is 18.0. The smallest absolute Gasteiger partial charge is 0.256 e. The number of carbonyl (C=O) groups excluding carboxylic acids is 1. The first-order valence-corrected chi connectivity index (χ1v) is 19.8. The lowest BCUT2D eigenvalue weighted by Crippen LogP contribution is -2.38. The molecule has 1 amide bonds. The summed E-state index contributed by atoms with van der Waals surface area (Å²) in [5.41, 5.74) is 9.20. The third kappa shape index (κ3) is 8.54. The van der Waals surface area contributed by atoms with Crippen molar-refractivity contribution in [2.24, 2.45) is 5.92 Å². The molecule has 0 unspecified atom stereocenters. The highest BCUT2D eigenvalue weighted by molar-refractivity contribution is 7.99. The van der Waals surface area contributed by atoms with E-state index in [4.69, 9.17) is 18.9 Å². The summed E-state index contributed by atoms with van der Waals surface area (Å²) < 4.78 is 20.1. The zero-order valence-corrected chi connectivity index (χ0v) is 31.8. The van der Waals surface area contributed by atoms with Crippen LogP contribution in [0.15, 0.2) is 173 Å². The van der Waals surface area contributed by atoms with Crippen LogP contribution >= 0.6 is 11.8 Å². The van der Waals surface area contributed by atoms with Crippen molar-refractivity contribution in [3.63, 3.8) is 0 Å². The predicted octanol–water partition coefficient (Wildman–Crippen LogP) is 10.7. The molecule has 0 radical (unpaired) electrons. The maximum absolute atomic E-state index is 12.7. The van der Waals surface area contributed by atoms with Crippen LogP contribution in [-0.2, 0) is 22.6 Å². The third-order valence-electron chi connectivity index (χ3n) is 10.1. The van der Waals surface area contributed by atoms with Crippen LogP contribution in [0, 0.1) is 5.92 Å². The summed E-state index contributed by atoms with van der Waals surface area (Å²) in [7, 11) is 0. The first kappa shape index (κ1) is 37.2. The second kappa shape index (κ2) is 17.4. The minimum absolute atomic E-state index is 0.0122. The Morgan fingerprint density at radius 2 is 1.32 bits per heavy atom. The van der Waals surface area contributed by atoms with Gasteiger partial charge in [0, 0.05) is 40.5 Å². The fraction of sp³-hybridized carbons (Fsp3) is 0.167. The summed E-state index contributed by atoms with van der Waals surface area (Å²) in [5.74, 6) is 1.20. The van der Waals surface area contributed by atoms with Gasteiger partial charge in [-0.05, 0) is 52.1 Å². The lowest BCUT2D eigenvalue weighted by molar-refractivity contribution is -0.268. The summed E-state index contributed by atoms with van der Waals surface area (Å²) in [5, 5.41) is 13.3. The van der Waals surface area contributed by atoms with Crippen molar-refractivity contribution in [2.75, 3.05) is 5.75 Å². The number of ether oxygens (including phenoxy) is 2. The molecule has 4 atom stereocenters. The van der Waals surface area contributed by atoms with E-state index in [-0.39, 0.29) is 30.6 Å². The van der Waals surface area contributed by atoms with Gasteiger partial charge in [-0.3, -0.25) is 4.79 Å². The van der Waals surface area contributed by atoms with E-state index in [1.54, 1.807) is 11.8 Å². The number of benzene rings is 6. The topological polar surface area (TPSA) is 93.8 Å². The molecule has 2 heterocycles. The lowest BCUT2D eigenvalue weighted by Gasteiger charge is -2.41. The Morgan fingerprint density at radius 3 is 2.04 bits per heavy atom. The van der Waals surface area contributed by atoms with Crippen LogP contribution in [0.3, 0.4) is 0 Å². The average molecular weight is 759 g/mol. The molecule has 1 fully saturated rings. The van der Waals surface area contributed by atoms with Gasteiger partial charge in [0.25, 0.3) is 11.1 Å². The number of carbonyl (C=O) groups is 1. The Balaban J connectivity index is 1.05. The number of hydrogen-bond acceptors (Lipinski definition) is 7. The standard InChI is InChI=1S/C48H42N2O5S/c1-32-42(31-56-48-50-43(35-14-5-2-6-15-35)45(55-48)36-16-7-3-8-17-36)53-47(54-44(32)37-25-23-33(30-51)24-26-37)41-22-12-21-40(28-41)39-20-11-13-34(27-39)29-49-46(52)38-18-9-4-10-19-38/h2-28,32,42,44,47,51H,29-31H2,1H3,(H,49,52)/t32-,42+,44+,47+/m0/s1. The van der Waals surface area contributed by atoms with Gasteiger partial charge in [0.1, 0.15) is 5.69 Å². The molecule has 0 aliphatic carbocycles. The molecule has 8 rings (SSSR count). The van der Waals surface area contributed by atoms with E-state index in [0.717, 1.165) is 56.0 Å². The van der Waals surface area contributed by atoms with Crippen molar-refractivity contribution in [2.45, 2.75) is 43.8 Å². The van der Waals surface area contributed by atoms with Gasteiger partial charge in [-0.25, -0.2) is 4.98 Å². The molecule has 1 saturated heterocycles.